The number of halogens is 2. The van der Waals surface area contributed by atoms with Crippen molar-refractivity contribution >= 4 is 32.4 Å². The smallest absolute Gasteiger partial charge is 0.180 e. The predicted molar refractivity (Wildman–Crippen MR) is 75.4 cm³/mol. The third-order valence-corrected chi connectivity index (χ3v) is 4.96. The maximum absolute atomic E-state index is 13.3. The van der Waals surface area contributed by atoms with Crippen molar-refractivity contribution in [3.63, 3.8) is 0 Å². The lowest BCUT2D eigenvalue weighted by Gasteiger charge is -2.21. The Kier molecular flexibility index (Phi) is 3.11. The van der Waals surface area contributed by atoms with E-state index in [9.17, 15) is 4.39 Å². The molecule has 0 amide bonds. The number of nitrogen functional groups attached to an aromatic ring is 1. The number of hydrogen-bond donors (Lipinski definition) is 1. The van der Waals surface area contributed by atoms with Gasteiger partial charge in [0.1, 0.15) is 5.82 Å². The first-order valence-corrected chi connectivity index (χ1v) is 7.46. The Balaban J connectivity index is 2.05. The molecule has 18 heavy (non-hydrogen) atoms. The van der Waals surface area contributed by atoms with Gasteiger partial charge in [-0.15, -0.1) is 11.3 Å². The monoisotopic (exact) mass is 326 g/mol. The van der Waals surface area contributed by atoms with Crippen LogP contribution >= 0.6 is 27.3 Å². The van der Waals surface area contributed by atoms with Crippen LogP contribution in [0.3, 0.4) is 0 Å². The molecular formula is C13H12BrFN2S. The fourth-order valence-electron chi connectivity index (χ4n) is 2.49. The Morgan fingerprint density at radius 3 is 3.06 bits per heavy atom. The molecule has 0 spiro atoms. The Morgan fingerprint density at radius 2 is 2.28 bits per heavy atom. The second kappa shape index (κ2) is 4.63. The van der Waals surface area contributed by atoms with Gasteiger partial charge in [0, 0.05) is 10.8 Å². The SMILES string of the molecule is Nc1nc2c(s1)C(c1ccc(F)c(Br)c1)CCC2. The first-order valence-electron chi connectivity index (χ1n) is 5.85. The minimum Gasteiger partial charge on any atom is -0.375 e. The number of nitrogens with two attached hydrogens (primary N) is 1. The Labute approximate surface area is 117 Å². The molecule has 1 atom stereocenters. The van der Waals surface area contributed by atoms with Crippen molar-refractivity contribution in [2.24, 2.45) is 0 Å². The van der Waals surface area contributed by atoms with E-state index in [1.807, 2.05) is 12.1 Å². The fourth-order valence-corrected chi connectivity index (χ4v) is 3.93. The van der Waals surface area contributed by atoms with Crippen LogP contribution in [0, 0.1) is 5.82 Å². The van der Waals surface area contributed by atoms with Gasteiger partial charge in [-0.3, -0.25) is 0 Å². The van der Waals surface area contributed by atoms with Crippen molar-refractivity contribution in [1.29, 1.82) is 0 Å². The first-order chi connectivity index (χ1) is 8.65. The number of hydrogen-bond acceptors (Lipinski definition) is 3. The highest BCUT2D eigenvalue weighted by molar-refractivity contribution is 9.10. The molecule has 2 N–H and O–H groups in total. The summed E-state index contributed by atoms with van der Waals surface area (Å²) < 4.78 is 13.8. The number of thiazole rings is 1. The molecule has 0 saturated heterocycles. The lowest BCUT2D eigenvalue weighted by molar-refractivity contribution is 0.604. The van der Waals surface area contributed by atoms with E-state index in [1.165, 1.54) is 10.9 Å². The van der Waals surface area contributed by atoms with Gasteiger partial charge in [-0.05, 0) is 52.9 Å². The van der Waals surface area contributed by atoms with Crippen molar-refractivity contribution < 1.29 is 4.39 Å². The summed E-state index contributed by atoms with van der Waals surface area (Å²) in [7, 11) is 0. The van der Waals surface area contributed by atoms with E-state index in [1.54, 1.807) is 11.3 Å². The van der Waals surface area contributed by atoms with Gasteiger partial charge >= 0.3 is 0 Å². The van der Waals surface area contributed by atoms with E-state index >= 15 is 0 Å². The van der Waals surface area contributed by atoms with Crippen LogP contribution in [0.15, 0.2) is 22.7 Å². The molecule has 2 aromatic rings. The maximum atomic E-state index is 13.3. The number of aromatic nitrogens is 1. The van der Waals surface area contributed by atoms with Crippen molar-refractivity contribution in [2.75, 3.05) is 5.73 Å². The molecule has 1 aliphatic rings. The number of aryl methyl sites for hydroxylation is 1. The average Bonchev–Trinajstić information content (AvgIpc) is 2.72. The van der Waals surface area contributed by atoms with Crippen molar-refractivity contribution in [1.82, 2.24) is 4.98 Å². The number of anilines is 1. The first kappa shape index (κ1) is 12.1. The van der Waals surface area contributed by atoms with Gasteiger partial charge in [-0.2, -0.15) is 0 Å². The molecule has 94 valence electrons. The van der Waals surface area contributed by atoms with E-state index in [0.29, 0.717) is 15.5 Å². The number of rotatable bonds is 1. The highest BCUT2D eigenvalue weighted by Gasteiger charge is 2.25. The molecular weight excluding hydrogens is 315 g/mol. The molecule has 1 unspecified atom stereocenters. The summed E-state index contributed by atoms with van der Waals surface area (Å²) >= 11 is 4.81. The third-order valence-electron chi connectivity index (χ3n) is 3.31. The van der Waals surface area contributed by atoms with Crippen molar-refractivity contribution in [3.8, 4) is 0 Å². The predicted octanol–water partition coefficient (Wildman–Crippen LogP) is 4.10. The minimum atomic E-state index is -0.224. The third kappa shape index (κ3) is 2.06. The quantitative estimate of drug-likeness (QED) is 0.857. The molecule has 0 fully saturated rings. The van der Waals surface area contributed by atoms with Crippen LogP contribution in [0.5, 0.6) is 0 Å². The van der Waals surface area contributed by atoms with Gasteiger partial charge in [0.15, 0.2) is 5.13 Å². The summed E-state index contributed by atoms with van der Waals surface area (Å²) in [4.78, 5) is 5.62. The van der Waals surface area contributed by atoms with Gasteiger partial charge in [0.25, 0.3) is 0 Å². The van der Waals surface area contributed by atoms with Crippen LogP contribution in [0.4, 0.5) is 9.52 Å². The molecule has 0 bridgehead atoms. The maximum Gasteiger partial charge on any atom is 0.180 e. The topological polar surface area (TPSA) is 38.9 Å². The lowest BCUT2D eigenvalue weighted by atomic mass is 9.86. The molecule has 1 aromatic carbocycles. The van der Waals surface area contributed by atoms with E-state index in [0.717, 1.165) is 30.5 Å². The largest absolute Gasteiger partial charge is 0.375 e. The van der Waals surface area contributed by atoms with Crippen LogP contribution in [0.1, 0.15) is 34.9 Å². The molecule has 2 nitrogen and oxygen atoms in total. The summed E-state index contributed by atoms with van der Waals surface area (Å²) in [6, 6.07) is 5.23. The van der Waals surface area contributed by atoms with Crippen LogP contribution in [0.2, 0.25) is 0 Å². The minimum absolute atomic E-state index is 0.224. The van der Waals surface area contributed by atoms with Gasteiger partial charge in [0.05, 0.1) is 10.2 Å². The summed E-state index contributed by atoms with van der Waals surface area (Å²) in [5, 5.41) is 0.632. The van der Waals surface area contributed by atoms with E-state index in [4.69, 9.17) is 5.73 Å². The molecule has 1 aliphatic carbocycles. The molecule has 1 aromatic heterocycles. The van der Waals surface area contributed by atoms with Crippen LogP contribution in [-0.4, -0.2) is 4.98 Å². The van der Waals surface area contributed by atoms with Crippen molar-refractivity contribution in [3.05, 3.63) is 44.6 Å². The Hall–Kier alpha value is -0.940. The van der Waals surface area contributed by atoms with E-state index < -0.39 is 0 Å². The van der Waals surface area contributed by atoms with Crippen LogP contribution in [-0.2, 0) is 6.42 Å². The standard InChI is InChI=1S/C13H12BrFN2S/c14-9-6-7(4-5-10(9)15)8-2-1-3-11-12(8)18-13(16)17-11/h4-6,8H,1-3H2,(H2,16,17). The zero-order valence-corrected chi connectivity index (χ0v) is 12.0. The highest BCUT2D eigenvalue weighted by Crippen LogP contribution is 2.41. The Bertz CT molecular complexity index is 597. The summed E-state index contributed by atoms with van der Waals surface area (Å²) in [5.41, 5.74) is 8.04. The van der Waals surface area contributed by atoms with Crippen molar-refractivity contribution in [2.45, 2.75) is 25.2 Å². The number of fused-ring (bicyclic) bond motifs is 1. The average molecular weight is 327 g/mol. The van der Waals surface area contributed by atoms with Gasteiger partial charge in [-0.25, -0.2) is 9.37 Å². The molecule has 1 heterocycles. The zero-order chi connectivity index (χ0) is 12.7. The van der Waals surface area contributed by atoms with Gasteiger partial charge in [0.2, 0.25) is 0 Å². The normalized spacial score (nSPS) is 18.7. The summed E-state index contributed by atoms with van der Waals surface area (Å²) in [5.74, 6) is 0.0825. The fraction of sp³-hybridized carbons (Fsp3) is 0.308. The highest BCUT2D eigenvalue weighted by atomic mass is 79.9. The molecule has 0 saturated carbocycles. The van der Waals surface area contributed by atoms with E-state index in [2.05, 4.69) is 20.9 Å². The lowest BCUT2D eigenvalue weighted by Crippen LogP contribution is -2.09. The number of nitrogens with zero attached hydrogens (tertiary/aromatic N) is 1. The second-order valence-corrected chi connectivity index (χ2v) is 6.40. The zero-order valence-electron chi connectivity index (χ0n) is 9.62. The Morgan fingerprint density at radius 1 is 1.44 bits per heavy atom. The van der Waals surface area contributed by atoms with E-state index in [-0.39, 0.29) is 5.82 Å². The van der Waals surface area contributed by atoms with Gasteiger partial charge < -0.3 is 5.73 Å². The molecule has 0 aliphatic heterocycles. The molecule has 3 rings (SSSR count). The molecule has 5 heteroatoms. The van der Waals surface area contributed by atoms with Gasteiger partial charge in [-0.1, -0.05) is 6.07 Å². The van der Waals surface area contributed by atoms with Crippen LogP contribution in [0.25, 0.3) is 0 Å². The molecule has 0 radical (unpaired) electrons. The summed E-state index contributed by atoms with van der Waals surface area (Å²) in [6.45, 7) is 0. The van der Waals surface area contributed by atoms with Crippen LogP contribution < -0.4 is 5.73 Å². The number of benzene rings is 1. The second-order valence-electron chi connectivity index (χ2n) is 4.48. The summed E-state index contributed by atoms with van der Waals surface area (Å²) in [6.07, 6.45) is 3.18.